The fourth-order valence-corrected chi connectivity index (χ4v) is 1.32. The first-order valence-electron chi connectivity index (χ1n) is 5.58. The Bertz CT molecular complexity index is 543. The number of benzene rings is 1. The molecule has 0 aliphatic rings. The van der Waals surface area contributed by atoms with Crippen LogP contribution in [0.1, 0.15) is 26.3 Å². The Kier molecular flexibility index (Phi) is 5.00. The molecule has 0 aromatic heterocycles. The summed E-state index contributed by atoms with van der Waals surface area (Å²) in [6.07, 6.45) is 2.96. The summed E-state index contributed by atoms with van der Waals surface area (Å²) < 4.78 is 9.88. The monoisotopic (exact) mass is 262 g/mol. The molecule has 0 N–H and O–H groups in total. The molecule has 19 heavy (non-hydrogen) atoms. The smallest absolute Gasteiger partial charge is 0.308 e. The minimum absolute atomic E-state index is 0.0990. The Morgan fingerprint density at radius 1 is 0.947 bits per heavy atom. The molecular formula is C14H14O5. The van der Waals surface area contributed by atoms with Crippen molar-refractivity contribution in [2.45, 2.75) is 20.8 Å². The van der Waals surface area contributed by atoms with Gasteiger partial charge < -0.3 is 9.47 Å². The molecule has 0 saturated carbocycles. The highest BCUT2D eigenvalue weighted by Crippen LogP contribution is 2.29. The fourth-order valence-electron chi connectivity index (χ4n) is 1.32. The number of hydrogen-bond acceptors (Lipinski definition) is 5. The summed E-state index contributed by atoms with van der Waals surface area (Å²) in [4.78, 5) is 32.8. The maximum atomic E-state index is 11.0. The van der Waals surface area contributed by atoms with E-state index in [1.54, 1.807) is 12.1 Å². The van der Waals surface area contributed by atoms with Gasteiger partial charge in [0.25, 0.3) is 0 Å². The molecule has 5 heteroatoms. The van der Waals surface area contributed by atoms with Gasteiger partial charge in [-0.15, -0.1) is 0 Å². The minimum atomic E-state index is -0.527. The van der Waals surface area contributed by atoms with E-state index < -0.39 is 11.9 Å². The number of esters is 2. The van der Waals surface area contributed by atoms with Gasteiger partial charge in [0, 0.05) is 13.8 Å². The summed E-state index contributed by atoms with van der Waals surface area (Å²) in [6, 6.07) is 4.66. The van der Waals surface area contributed by atoms with Gasteiger partial charge >= 0.3 is 11.9 Å². The molecule has 0 bridgehead atoms. The number of carbonyl (C=O) groups excluding carboxylic acids is 3. The van der Waals surface area contributed by atoms with Crippen LogP contribution in [0.2, 0.25) is 0 Å². The van der Waals surface area contributed by atoms with Crippen molar-refractivity contribution in [3.63, 3.8) is 0 Å². The lowest BCUT2D eigenvalue weighted by Crippen LogP contribution is -2.07. The highest BCUT2D eigenvalue weighted by atomic mass is 16.6. The van der Waals surface area contributed by atoms with Crippen molar-refractivity contribution in [2.75, 3.05) is 0 Å². The van der Waals surface area contributed by atoms with E-state index >= 15 is 0 Å². The summed E-state index contributed by atoms with van der Waals surface area (Å²) >= 11 is 0. The molecule has 1 aromatic carbocycles. The van der Waals surface area contributed by atoms with Crippen LogP contribution < -0.4 is 9.47 Å². The Morgan fingerprint density at radius 2 is 1.53 bits per heavy atom. The zero-order chi connectivity index (χ0) is 14.4. The minimum Gasteiger partial charge on any atom is -0.423 e. The quantitative estimate of drug-likeness (QED) is 0.472. The number of rotatable bonds is 4. The third-order valence-corrected chi connectivity index (χ3v) is 1.99. The number of carbonyl (C=O) groups is 3. The molecule has 0 amide bonds. The van der Waals surface area contributed by atoms with Crippen molar-refractivity contribution < 1.29 is 23.9 Å². The number of allylic oxidation sites excluding steroid dienone is 1. The van der Waals surface area contributed by atoms with Crippen molar-refractivity contribution in [1.82, 2.24) is 0 Å². The average Bonchev–Trinajstić information content (AvgIpc) is 2.28. The van der Waals surface area contributed by atoms with E-state index in [1.165, 1.54) is 39.0 Å². The maximum absolute atomic E-state index is 11.0. The Morgan fingerprint density at radius 3 is 2.05 bits per heavy atom. The van der Waals surface area contributed by atoms with Crippen molar-refractivity contribution in [1.29, 1.82) is 0 Å². The molecule has 0 radical (unpaired) electrons. The second-order valence-electron chi connectivity index (χ2n) is 3.84. The van der Waals surface area contributed by atoms with Crippen LogP contribution in [0, 0.1) is 0 Å². The molecule has 0 spiro atoms. The Labute approximate surface area is 110 Å². The van der Waals surface area contributed by atoms with Crippen molar-refractivity contribution >= 4 is 23.8 Å². The first-order valence-corrected chi connectivity index (χ1v) is 5.58. The van der Waals surface area contributed by atoms with Crippen molar-refractivity contribution in [3.05, 3.63) is 29.8 Å². The molecule has 1 aromatic rings. The molecule has 5 nitrogen and oxygen atoms in total. The molecule has 0 atom stereocenters. The second kappa shape index (κ2) is 6.49. The molecule has 0 aliphatic heterocycles. The lowest BCUT2D eigenvalue weighted by molar-refractivity contribution is -0.134. The predicted octanol–water partition coefficient (Wildman–Crippen LogP) is 2.14. The maximum Gasteiger partial charge on any atom is 0.308 e. The van der Waals surface area contributed by atoms with Gasteiger partial charge in [0.15, 0.2) is 17.3 Å². The Balaban J connectivity index is 3.10. The first kappa shape index (κ1) is 14.6. The zero-order valence-corrected chi connectivity index (χ0v) is 10.9. The lowest BCUT2D eigenvalue weighted by atomic mass is 10.1. The normalized spacial score (nSPS) is 10.3. The molecule has 0 aliphatic carbocycles. The first-order chi connectivity index (χ1) is 8.88. The van der Waals surface area contributed by atoms with Crippen LogP contribution in [0.5, 0.6) is 11.5 Å². The number of ketones is 1. The van der Waals surface area contributed by atoms with Gasteiger partial charge in [-0.1, -0.05) is 12.1 Å². The van der Waals surface area contributed by atoms with E-state index in [9.17, 15) is 14.4 Å². The van der Waals surface area contributed by atoms with Gasteiger partial charge in [-0.05, 0) is 30.7 Å². The second-order valence-corrected chi connectivity index (χ2v) is 3.84. The van der Waals surface area contributed by atoms with Crippen LogP contribution >= 0.6 is 0 Å². The standard InChI is InChI=1S/C14H14O5/c1-9(15)4-5-12-6-7-13(18-10(2)16)14(8-12)19-11(3)17/h4-8H,1-3H3/b5-4+. The molecule has 0 fully saturated rings. The van der Waals surface area contributed by atoms with Gasteiger partial charge in [0.1, 0.15) is 0 Å². The molecular weight excluding hydrogens is 248 g/mol. The highest BCUT2D eigenvalue weighted by molar-refractivity contribution is 5.91. The summed E-state index contributed by atoms with van der Waals surface area (Å²) in [7, 11) is 0. The van der Waals surface area contributed by atoms with E-state index in [2.05, 4.69) is 0 Å². The van der Waals surface area contributed by atoms with E-state index in [0.717, 1.165) is 0 Å². The summed E-state index contributed by atoms with van der Waals surface area (Å²) in [5, 5.41) is 0. The topological polar surface area (TPSA) is 69.7 Å². The van der Waals surface area contributed by atoms with Gasteiger partial charge in [-0.2, -0.15) is 0 Å². The third-order valence-electron chi connectivity index (χ3n) is 1.99. The van der Waals surface area contributed by atoms with Crippen LogP contribution in [0.3, 0.4) is 0 Å². The van der Waals surface area contributed by atoms with Gasteiger partial charge in [0.2, 0.25) is 0 Å². The van der Waals surface area contributed by atoms with E-state index in [1.807, 2.05) is 0 Å². The van der Waals surface area contributed by atoms with Crippen molar-refractivity contribution in [2.24, 2.45) is 0 Å². The van der Waals surface area contributed by atoms with Gasteiger partial charge in [-0.25, -0.2) is 0 Å². The lowest BCUT2D eigenvalue weighted by Gasteiger charge is -2.09. The van der Waals surface area contributed by atoms with Crippen LogP contribution in [-0.2, 0) is 14.4 Å². The molecule has 0 saturated heterocycles. The summed E-state index contributed by atoms with van der Waals surface area (Å²) in [6.45, 7) is 3.92. The van der Waals surface area contributed by atoms with Crippen LogP contribution in [-0.4, -0.2) is 17.7 Å². The summed E-state index contributed by atoms with van der Waals surface area (Å²) in [5.41, 5.74) is 0.655. The summed E-state index contributed by atoms with van der Waals surface area (Å²) in [5.74, 6) is -0.851. The average molecular weight is 262 g/mol. The number of hydrogen-bond donors (Lipinski definition) is 0. The highest BCUT2D eigenvalue weighted by Gasteiger charge is 2.10. The van der Waals surface area contributed by atoms with Crippen LogP contribution in [0.4, 0.5) is 0 Å². The van der Waals surface area contributed by atoms with Crippen molar-refractivity contribution in [3.8, 4) is 11.5 Å². The molecule has 1 rings (SSSR count). The number of ether oxygens (including phenoxy) is 2. The Hall–Kier alpha value is -2.43. The SMILES string of the molecule is CC(=O)/C=C/c1ccc(OC(C)=O)c(OC(C)=O)c1. The van der Waals surface area contributed by atoms with E-state index in [-0.39, 0.29) is 17.3 Å². The van der Waals surface area contributed by atoms with Gasteiger partial charge in [-0.3, -0.25) is 14.4 Å². The van der Waals surface area contributed by atoms with Gasteiger partial charge in [0.05, 0.1) is 0 Å². The largest absolute Gasteiger partial charge is 0.423 e. The van der Waals surface area contributed by atoms with Crippen LogP contribution in [0.25, 0.3) is 6.08 Å². The molecule has 100 valence electrons. The third kappa shape index (κ3) is 5.16. The fraction of sp³-hybridized carbons (Fsp3) is 0.214. The predicted molar refractivity (Wildman–Crippen MR) is 68.8 cm³/mol. The molecule has 0 unspecified atom stereocenters. The van der Waals surface area contributed by atoms with Crippen LogP contribution in [0.15, 0.2) is 24.3 Å². The molecule has 0 heterocycles. The van der Waals surface area contributed by atoms with E-state index in [4.69, 9.17) is 9.47 Å². The van der Waals surface area contributed by atoms with E-state index in [0.29, 0.717) is 5.56 Å². The zero-order valence-electron chi connectivity index (χ0n) is 10.9.